The Kier molecular flexibility index (Phi) is 2.70. The fourth-order valence-corrected chi connectivity index (χ4v) is 1.46. The van der Waals surface area contributed by atoms with Crippen LogP contribution in [0, 0.1) is 10.1 Å². The van der Waals surface area contributed by atoms with Crippen LogP contribution in [0.4, 0.5) is 5.82 Å². The minimum Gasteiger partial charge on any atom is -0.358 e. The number of nitro groups is 1. The van der Waals surface area contributed by atoms with Gasteiger partial charge in [-0.1, -0.05) is 30.3 Å². The van der Waals surface area contributed by atoms with Crippen LogP contribution in [0.15, 0.2) is 41.3 Å². The maximum Gasteiger partial charge on any atom is 0.430 e. The van der Waals surface area contributed by atoms with Gasteiger partial charge in [-0.2, -0.15) is 0 Å². The number of hydrogen-bond donors (Lipinski definition) is 0. The third-order valence-electron chi connectivity index (χ3n) is 2.30. The number of hydrogen-bond acceptors (Lipinski definition) is 4. The second-order valence-electron chi connectivity index (χ2n) is 3.49. The molecule has 2 aromatic rings. The maximum atomic E-state index is 11.5. The Hall–Kier alpha value is -2.50. The Balaban J connectivity index is 2.66. The van der Waals surface area contributed by atoms with E-state index in [2.05, 4.69) is 4.98 Å². The maximum absolute atomic E-state index is 11.5. The van der Waals surface area contributed by atoms with Gasteiger partial charge in [0.25, 0.3) is 0 Å². The first-order chi connectivity index (χ1) is 8.09. The molecule has 2 rings (SSSR count). The Labute approximate surface area is 96.3 Å². The van der Waals surface area contributed by atoms with E-state index in [0.717, 1.165) is 10.1 Å². The van der Waals surface area contributed by atoms with Crippen LogP contribution in [0.25, 0.3) is 11.3 Å². The lowest BCUT2D eigenvalue weighted by molar-refractivity contribution is -0.391. The summed E-state index contributed by atoms with van der Waals surface area (Å²) in [6.07, 6.45) is 1.48. The summed E-state index contributed by atoms with van der Waals surface area (Å²) in [5, 5.41) is 10.7. The molecule has 0 bridgehead atoms. The van der Waals surface area contributed by atoms with Gasteiger partial charge in [0.1, 0.15) is 0 Å². The summed E-state index contributed by atoms with van der Waals surface area (Å²) in [6, 6.07) is 8.98. The van der Waals surface area contributed by atoms with Gasteiger partial charge in [-0.05, 0) is 9.91 Å². The molecule has 86 valence electrons. The van der Waals surface area contributed by atoms with E-state index in [0.29, 0.717) is 5.69 Å². The average Bonchev–Trinajstić information content (AvgIpc) is 2.33. The van der Waals surface area contributed by atoms with E-state index in [1.807, 2.05) is 6.07 Å². The van der Waals surface area contributed by atoms with Crippen molar-refractivity contribution < 1.29 is 4.92 Å². The molecule has 0 unspecified atom stereocenters. The molecule has 6 heteroatoms. The molecule has 0 N–H and O–H groups in total. The Morgan fingerprint density at radius 1 is 1.29 bits per heavy atom. The number of rotatable bonds is 2. The third-order valence-corrected chi connectivity index (χ3v) is 2.30. The topological polar surface area (TPSA) is 78.0 Å². The number of benzene rings is 1. The van der Waals surface area contributed by atoms with Gasteiger partial charge in [-0.15, -0.1) is 0 Å². The summed E-state index contributed by atoms with van der Waals surface area (Å²) in [6.45, 7) is 0. The van der Waals surface area contributed by atoms with Crippen molar-refractivity contribution in [3.63, 3.8) is 0 Å². The van der Waals surface area contributed by atoms with Crippen LogP contribution in [-0.4, -0.2) is 14.5 Å². The third kappa shape index (κ3) is 2.05. The highest BCUT2D eigenvalue weighted by Crippen LogP contribution is 2.16. The summed E-state index contributed by atoms with van der Waals surface area (Å²) < 4.78 is 1.16. The van der Waals surface area contributed by atoms with Crippen LogP contribution >= 0.6 is 0 Å². The van der Waals surface area contributed by atoms with Crippen molar-refractivity contribution in [2.45, 2.75) is 0 Å². The van der Waals surface area contributed by atoms with Gasteiger partial charge in [0, 0.05) is 12.6 Å². The predicted octanol–water partition coefficient (Wildman–Crippen LogP) is 1.36. The molecule has 0 radical (unpaired) electrons. The Morgan fingerprint density at radius 3 is 2.53 bits per heavy atom. The summed E-state index contributed by atoms with van der Waals surface area (Å²) >= 11 is 0. The monoisotopic (exact) mass is 231 g/mol. The SMILES string of the molecule is Cn1cc(-c2ccccc2)nc([N+](=O)[O-])c1=O. The van der Waals surface area contributed by atoms with E-state index in [1.54, 1.807) is 24.3 Å². The van der Waals surface area contributed by atoms with Crippen molar-refractivity contribution in [2.24, 2.45) is 7.05 Å². The fraction of sp³-hybridized carbons (Fsp3) is 0.0909. The zero-order valence-corrected chi connectivity index (χ0v) is 9.03. The highest BCUT2D eigenvalue weighted by molar-refractivity contribution is 5.58. The van der Waals surface area contributed by atoms with Crippen LogP contribution in [0.1, 0.15) is 0 Å². The fourth-order valence-electron chi connectivity index (χ4n) is 1.46. The zero-order chi connectivity index (χ0) is 12.4. The molecule has 0 saturated carbocycles. The Morgan fingerprint density at radius 2 is 1.94 bits per heavy atom. The van der Waals surface area contributed by atoms with Crippen molar-refractivity contribution in [2.75, 3.05) is 0 Å². The van der Waals surface area contributed by atoms with Crippen molar-refractivity contribution in [3.8, 4) is 11.3 Å². The van der Waals surface area contributed by atoms with Crippen LogP contribution in [0.2, 0.25) is 0 Å². The van der Waals surface area contributed by atoms with Crippen LogP contribution < -0.4 is 5.56 Å². The second kappa shape index (κ2) is 4.17. The van der Waals surface area contributed by atoms with Gasteiger partial charge in [-0.3, -0.25) is 4.79 Å². The molecule has 17 heavy (non-hydrogen) atoms. The van der Waals surface area contributed by atoms with E-state index in [1.165, 1.54) is 13.2 Å². The molecule has 0 saturated heterocycles. The van der Waals surface area contributed by atoms with E-state index in [9.17, 15) is 14.9 Å². The molecule has 1 heterocycles. The molecule has 0 fully saturated rings. The number of nitrogens with zero attached hydrogens (tertiary/aromatic N) is 3. The van der Waals surface area contributed by atoms with Gasteiger partial charge in [0.2, 0.25) is 0 Å². The summed E-state index contributed by atoms with van der Waals surface area (Å²) in [5.41, 5.74) is 0.417. The zero-order valence-electron chi connectivity index (χ0n) is 9.03. The van der Waals surface area contributed by atoms with Crippen molar-refractivity contribution in [3.05, 3.63) is 57.0 Å². The first kappa shape index (κ1) is 11.0. The molecule has 0 aliphatic carbocycles. The van der Waals surface area contributed by atoms with E-state index >= 15 is 0 Å². The van der Waals surface area contributed by atoms with Crippen LogP contribution in [0.5, 0.6) is 0 Å². The summed E-state index contributed by atoms with van der Waals surface area (Å²) in [5.74, 6) is -0.658. The average molecular weight is 231 g/mol. The van der Waals surface area contributed by atoms with E-state index < -0.39 is 16.3 Å². The second-order valence-corrected chi connectivity index (χ2v) is 3.49. The van der Waals surface area contributed by atoms with Gasteiger partial charge in [0.15, 0.2) is 5.69 Å². The van der Waals surface area contributed by atoms with Crippen LogP contribution in [-0.2, 0) is 7.05 Å². The first-order valence-corrected chi connectivity index (χ1v) is 4.87. The van der Waals surface area contributed by atoms with Gasteiger partial charge >= 0.3 is 11.4 Å². The summed E-state index contributed by atoms with van der Waals surface area (Å²) in [7, 11) is 1.46. The van der Waals surface area contributed by atoms with Crippen molar-refractivity contribution in [1.82, 2.24) is 9.55 Å². The highest BCUT2D eigenvalue weighted by Gasteiger charge is 2.19. The lowest BCUT2D eigenvalue weighted by Crippen LogP contribution is -2.21. The van der Waals surface area contributed by atoms with Crippen LogP contribution in [0.3, 0.4) is 0 Å². The minimum absolute atomic E-state index is 0.402. The van der Waals surface area contributed by atoms with E-state index in [4.69, 9.17) is 0 Å². The van der Waals surface area contributed by atoms with Crippen molar-refractivity contribution >= 4 is 5.82 Å². The molecule has 1 aromatic carbocycles. The van der Waals surface area contributed by atoms with Crippen molar-refractivity contribution in [1.29, 1.82) is 0 Å². The van der Waals surface area contributed by atoms with E-state index in [-0.39, 0.29) is 0 Å². The summed E-state index contributed by atoms with van der Waals surface area (Å²) in [4.78, 5) is 25.1. The number of aryl methyl sites for hydroxylation is 1. The van der Waals surface area contributed by atoms with Gasteiger partial charge in [0.05, 0.1) is 6.20 Å². The molecule has 0 atom stereocenters. The quantitative estimate of drug-likeness (QED) is 0.577. The molecule has 0 spiro atoms. The number of aromatic nitrogens is 2. The smallest absolute Gasteiger partial charge is 0.358 e. The minimum atomic E-state index is -0.769. The largest absolute Gasteiger partial charge is 0.430 e. The van der Waals surface area contributed by atoms with Gasteiger partial charge < -0.3 is 14.7 Å². The Bertz CT molecular complexity index is 620. The molecule has 0 aliphatic heterocycles. The highest BCUT2D eigenvalue weighted by atomic mass is 16.6. The van der Waals surface area contributed by atoms with Gasteiger partial charge in [-0.25, -0.2) is 0 Å². The lowest BCUT2D eigenvalue weighted by atomic mass is 10.2. The molecule has 1 aromatic heterocycles. The normalized spacial score (nSPS) is 10.2. The lowest BCUT2D eigenvalue weighted by Gasteiger charge is -2.00. The molecular weight excluding hydrogens is 222 g/mol. The molecule has 6 nitrogen and oxygen atoms in total. The molecule has 0 aliphatic rings. The standard InChI is InChI=1S/C11H9N3O3/c1-13-7-9(8-5-3-2-4-6-8)12-10(11(13)15)14(16)17/h2-7H,1H3. The predicted molar refractivity (Wildman–Crippen MR) is 61.6 cm³/mol. The molecular formula is C11H9N3O3. The first-order valence-electron chi connectivity index (χ1n) is 4.87. The molecule has 0 amide bonds.